The highest BCUT2D eigenvalue weighted by Gasteiger charge is 2.16. The second-order valence-electron chi connectivity index (χ2n) is 6.59. The molecule has 0 spiro atoms. The topological polar surface area (TPSA) is 88.7 Å². The summed E-state index contributed by atoms with van der Waals surface area (Å²) < 4.78 is 30.4. The molecule has 0 aliphatic heterocycles. The lowest BCUT2D eigenvalue weighted by Crippen LogP contribution is -2.20. The van der Waals surface area contributed by atoms with Gasteiger partial charge < -0.3 is 15.3 Å². The molecule has 0 aliphatic rings. The van der Waals surface area contributed by atoms with Crippen LogP contribution in [0, 0.1) is 18.6 Å². The predicted octanol–water partition coefficient (Wildman–Crippen LogP) is 4.26. The number of hydrogen-bond acceptors (Lipinski definition) is 4. The first-order chi connectivity index (χ1) is 14.3. The number of amides is 1. The number of carbonyl (C=O) groups is 1. The Balaban J connectivity index is 1.95. The molecule has 9 heteroatoms. The number of nitrogens with one attached hydrogen (secondary N) is 1. The van der Waals surface area contributed by atoms with Gasteiger partial charge >= 0.3 is 6.09 Å². The van der Waals surface area contributed by atoms with Crippen LogP contribution in [-0.2, 0) is 11.4 Å². The van der Waals surface area contributed by atoms with Crippen LogP contribution in [-0.4, -0.2) is 33.8 Å². The van der Waals surface area contributed by atoms with E-state index in [0.717, 1.165) is 15.8 Å². The normalized spacial score (nSPS) is 11.4. The maximum atomic E-state index is 14.6. The van der Waals surface area contributed by atoms with Crippen molar-refractivity contribution in [3.05, 3.63) is 70.9 Å². The van der Waals surface area contributed by atoms with Crippen molar-refractivity contribution in [2.45, 2.75) is 20.4 Å². The van der Waals surface area contributed by atoms with E-state index < -0.39 is 17.7 Å². The zero-order valence-corrected chi connectivity index (χ0v) is 16.6. The first-order valence-electron chi connectivity index (χ1n) is 9.00. The number of rotatable bonds is 6. The van der Waals surface area contributed by atoms with E-state index in [4.69, 9.17) is 5.11 Å². The summed E-state index contributed by atoms with van der Waals surface area (Å²) in [6.45, 7) is 3.59. The van der Waals surface area contributed by atoms with Crippen molar-refractivity contribution < 1.29 is 23.5 Å². The quantitative estimate of drug-likeness (QED) is 0.466. The molecular formula is C21H20F2N4O3. The molecule has 0 aliphatic carbocycles. The Hall–Kier alpha value is -3.75. The Bertz CT molecular complexity index is 1100. The molecular weight excluding hydrogens is 394 g/mol. The molecule has 0 saturated heterocycles. The van der Waals surface area contributed by atoms with E-state index in [0.29, 0.717) is 17.0 Å². The molecule has 1 aromatic heterocycles. The third-order valence-corrected chi connectivity index (χ3v) is 4.56. The van der Waals surface area contributed by atoms with Gasteiger partial charge in [0.05, 0.1) is 11.4 Å². The molecule has 1 heterocycles. The largest absolute Gasteiger partial charge is 0.465 e. The number of oxime groups is 1. The van der Waals surface area contributed by atoms with Crippen molar-refractivity contribution in [2.24, 2.45) is 5.16 Å². The first kappa shape index (κ1) is 21.0. The van der Waals surface area contributed by atoms with Gasteiger partial charge in [-0.25, -0.2) is 18.3 Å². The summed E-state index contributed by atoms with van der Waals surface area (Å²) in [5.74, 6) is -1.58. The van der Waals surface area contributed by atoms with Crippen LogP contribution in [0.2, 0.25) is 0 Å². The minimum absolute atomic E-state index is 0.142. The van der Waals surface area contributed by atoms with Crippen LogP contribution >= 0.6 is 0 Å². The average molecular weight is 414 g/mol. The molecule has 3 rings (SSSR count). The van der Waals surface area contributed by atoms with E-state index in [1.54, 1.807) is 19.1 Å². The van der Waals surface area contributed by atoms with E-state index in [1.165, 1.54) is 25.4 Å². The Labute approximate surface area is 171 Å². The lowest BCUT2D eigenvalue weighted by Gasteiger charge is -2.09. The zero-order chi connectivity index (χ0) is 21.8. The van der Waals surface area contributed by atoms with Crippen molar-refractivity contribution in [3.8, 4) is 16.9 Å². The molecule has 0 fully saturated rings. The highest BCUT2D eigenvalue weighted by atomic mass is 19.1. The fourth-order valence-electron chi connectivity index (χ4n) is 2.98. The van der Waals surface area contributed by atoms with E-state index in [-0.39, 0.29) is 17.8 Å². The Morgan fingerprint density at radius 3 is 2.57 bits per heavy atom. The third-order valence-electron chi connectivity index (χ3n) is 4.56. The standard InChI is InChI=1S/C21H20F2N4O3/c1-12-4-5-14(8-16(12)11-24-21(28)29)19-6-7-27(25-19)20-17(22)9-15(10-18(20)23)13(2)26-30-3/h4-10,24H,11H2,1-3H3,(H,28,29). The van der Waals surface area contributed by atoms with Gasteiger partial charge in [-0.2, -0.15) is 5.10 Å². The summed E-state index contributed by atoms with van der Waals surface area (Å²) in [6, 6.07) is 9.40. The minimum Gasteiger partial charge on any atom is -0.465 e. The first-order valence-corrected chi connectivity index (χ1v) is 9.00. The maximum Gasteiger partial charge on any atom is 0.404 e. The van der Waals surface area contributed by atoms with Crippen LogP contribution in [0.1, 0.15) is 23.6 Å². The SMILES string of the molecule is CON=C(C)c1cc(F)c(-n2ccc(-c3ccc(C)c(CNC(=O)O)c3)n2)c(F)c1. The van der Waals surface area contributed by atoms with Crippen molar-refractivity contribution in [1.29, 1.82) is 0 Å². The summed E-state index contributed by atoms with van der Waals surface area (Å²) >= 11 is 0. The number of hydrogen-bond donors (Lipinski definition) is 2. The Morgan fingerprint density at radius 1 is 1.23 bits per heavy atom. The lowest BCUT2D eigenvalue weighted by molar-refractivity contribution is 0.194. The van der Waals surface area contributed by atoms with Crippen LogP contribution in [0.4, 0.5) is 13.6 Å². The van der Waals surface area contributed by atoms with Crippen molar-refractivity contribution >= 4 is 11.8 Å². The van der Waals surface area contributed by atoms with E-state index in [9.17, 15) is 13.6 Å². The molecule has 0 bridgehead atoms. The van der Waals surface area contributed by atoms with Gasteiger partial charge in [-0.1, -0.05) is 17.3 Å². The highest BCUT2D eigenvalue weighted by molar-refractivity contribution is 5.98. The number of aryl methyl sites for hydroxylation is 1. The third kappa shape index (κ3) is 4.45. The van der Waals surface area contributed by atoms with Crippen LogP contribution in [0.25, 0.3) is 16.9 Å². The van der Waals surface area contributed by atoms with Gasteiger partial charge in [-0.05, 0) is 49.2 Å². The fourth-order valence-corrected chi connectivity index (χ4v) is 2.98. The van der Waals surface area contributed by atoms with Gasteiger partial charge in [0.2, 0.25) is 0 Å². The molecule has 0 atom stereocenters. The molecule has 2 N–H and O–H groups in total. The van der Waals surface area contributed by atoms with Gasteiger partial charge in [0.1, 0.15) is 12.8 Å². The molecule has 7 nitrogen and oxygen atoms in total. The number of nitrogens with zero attached hydrogens (tertiary/aromatic N) is 3. The second kappa shape index (κ2) is 8.73. The summed E-state index contributed by atoms with van der Waals surface area (Å²) in [4.78, 5) is 15.4. The maximum absolute atomic E-state index is 14.6. The van der Waals surface area contributed by atoms with Crippen LogP contribution < -0.4 is 5.32 Å². The van der Waals surface area contributed by atoms with E-state index in [1.807, 2.05) is 19.1 Å². The molecule has 0 radical (unpaired) electrons. The molecule has 0 unspecified atom stereocenters. The number of carboxylic acid groups (broad SMARTS) is 1. The van der Waals surface area contributed by atoms with Crippen LogP contribution in [0.5, 0.6) is 0 Å². The molecule has 1 amide bonds. The van der Waals surface area contributed by atoms with E-state index >= 15 is 0 Å². The van der Waals surface area contributed by atoms with Crippen LogP contribution in [0.15, 0.2) is 47.8 Å². The molecule has 3 aromatic rings. The monoisotopic (exact) mass is 414 g/mol. The molecule has 2 aromatic carbocycles. The predicted molar refractivity (Wildman–Crippen MR) is 108 cm³/mol. The summed E-state index contributed by atoms with van der Waals surface area (Å²) in [6.07, 6.45) is 0.339. The van der Waals surface area contributed by atoms with Gasteiger partial charge in [-0.15, -0.1) is 0 Å². The number of halogens is 2. The summed E-state index contributed by atoms with van der Waals surface area (Å²) in [5, 5.41) is 19.1. The summed E-state index contributed by atoms with van der Waals surface area (Å²) in [7, 11) is 1.35. The van der Waals surface area contributed by atoms with Gasteiger partial charge in [0.25, 0.3) is 0 Å². The van der Waals surface area contributed by atoms with Crippen molar-refractivity contribution in [1.82, 2.24) is 15.1 Å². The second-order valence-corrected chi connectivity index (χ2v) is 6.59. The number of aromatic nitrogens is 2. The van der Waals surface area contributed by atoms with Gasteiger partial charge in [-0.3, -0.25) is 0 Å². The van der Waals surface area contributed by atoms with Gasteiger partial charge in [0, 0.05) is 23.9 Å². The molecule has 0 saturated carbocycles. The van der Waals surface area contributed by atoms with Gasteiger partial charge in [0.15, 0.2) is 11.6 Å². The lowest BCUT2D eigenvalue weighted by atomic mass is 10.0. The average Bonchev–Trinajstić information content (AvgIpc) is 3.16. The van der Waals surface area contributed by atoms with E-state index in [2.05, 4.69) is 20.4 Å². The minimum atomic E-state index is -1.12. The fraction of sp³-hybridized carbons (Fsp3) is 0.190. The number of benzene rings is 2. The zero-order valence-electron chi connectivity index (χ0n) is 16.6. The molecule has 156 valence electrons. The highest BCUT2D eigenvalue weighted by Crippen LogP contribution is 2.25. The Morgan fingerprint density at radius 2 is 1.93 bits per heavy atom. The smallest absolute Gasteiger partial charge is 0.404 e. The molecule has 30 heavy (non-hydrogen) atoms. The van der Waals surface area contributed by atoms with Crippen LogP contribution in [0.3, 0.4) is 0 Å². The van der Waals surface area contributed by atoms with Crippen molar-refractivity contribution in [3.63, 3.8) is 0 Å². The van der Waals surface area contributed by atoms with Crippen molar-refractivity contribution in [2.75, 3.05) is 7.11 Å². The summed E-state index contributed by atoms with van der Waals surface area (Å²) in [5.41, 5.74) is 3.16. The Kier molecular flexibility index (Phi) is 6.10.